The average Bonchev–Trinajstić information content (AvgIpc) is 2.66. The molecule has 0 bridgehead atoms. The number of hydroxylamine groups is 2. The number of hydrogen-bond acceptors (Lipinski definition) is 4. The number of carbonyl (C=O) groups excluding carboxylic acids is 1. The van der Waals surface area contributed by atoms with E-state index in [1.807, 2.05) is 0 Å². The average molecular weight is 468 g/mol. The topological polar surface area (TPSA) is 29.5 Å². The van der Waals surface area contributed by atoms with Crippen molar-refractivity contribution in [2.45, 2.75) is 34.7 Å². The van der Waals surface area contributed by atoms with Crippen molar-refractivity contribution in [3.8, 4) is 0 Å². The Morgan fingerprint density at radius 1 is 1.10 bits per heavy atom. The molecule has 0 aromatic heterocycles. The molecule has 0 unspecified atom stereocenters. The summed E-state index contributed by atoms with van der Waals surface area (Å²) in [6.07, 6.45) is -4.23. The molecule has 1 aliphatic rings. The minimum absolute atomic E-state index is 0.105. The zero-order valence-electron chi connectivity index (χ0n) is 14.8. The zero-order chi connectivity index (χ0) is 21.2. The van der Waals surface area contributed by atoms with Gasteiger partial charge < -0.3 is 4.84 Å². The quantitative estimate of drug-likeness (QED) is 0.481. The summed E-state index contributed by atoms with van der Waals surface area (Å²) in [7, 11) is 0. The number of rotatable bonds is 4. The summed E-state index contributed by atoms with van der Waals surface area (Å²) in [5, 5.41) is 1.79. The molecule has 0 spiro atoms. The standard InChI is InChI=1S/C19H15Cl2F4NO2S/c20-14-2-1-3-16(17(14)21)29-15-5-4-12(22)10-13(15)11-6-8-26(9-7-11)28-18(27)19(23,24)25/h1-5,10-11H,6-9H2. The van der Waals surface area contributed by atoms with Gasteiger partial charge in [-0.2, -0.15) is 13.2 Å². The first-order valence-corrected chi connectivity index (χ1v) is 10.2. The summed E-state index contributed by atoms with van der Waals surface area (Å²) in [5.74, 6) is -2.76. The van der Waals surface area contributed by atoms with Crippen LogP contribution in [0.15, 0.2) is 46.2 Å². The molecule has 3 rings (SSSR count). The lowest BCUT2D eigenvalue weighted by Crippen LogP contribution is -2.39. The van der Waals surface area contributed by atoms with Gasteiger partial charge in [-0.05, 0) is 54.7 Å². The van der Waals surface area contributed by atoms with E-state index in [1.54, 1.807) is 24.3 Å². The van der Waals surface area contributed by atoms with Gasteiger partial charge in [0.1, 0.15) is 5.82 Å². The highest BCUT2D eigenvalue weighted by atomic mass is 35.5. The van der Waals surface area contributed by atoms with Gasteiger partial charge in [0.2, 0.25) is 0 Å². The first-order valence-electron chi connectivity index (χ1n) is 8.60. The maximum absolute atomic E-state index is 13.9. The second kappa shape index (κ2) is 9.12. The Balaban J connectivity index is 1.74. The number of piperidine rings is 1. The maximum atomic E-state index is 13.9. The summed E-state index contributed by atoms with van der Waals surface area (Å²) in [6.45, 7) is 0.232. The van der Waals surface area contributed by atoms with Gasteiger partial charge in [0.05, 0.1) is 10.0 Å². The number of nitrogens with zero attached hydrogens (tertiary/aromatic N) is 1. The van der Waals surface area contributed by atoms with Crippen LogP contribution in [0.2, 0.25) is 10.0 Å². The van der Waals surface area contributed by atoms with Gasteiger partial charge in [-0.1, -0.05) is 41.0 Å². The van der Waals surface area contributed by atoms with E-state index in [0.29, 0.717) is 27.8 Å². The van der Waals surface area contributed by atoms with Crippen LogP contribution < -0.4 is 0 Å². The van der Waals surface area contributed by atoms with Crippen LogP contribution in [-0.2, 0) is 9.63 Å². The van der Waals surface area contributed by atoms with Crippen LogP contribution in [0.3, 0.4) is 0 Å². The highest BCUT2D eigenvalue weighted by molar-refractivity contribution is 7.99. The second-order valence-electron chi connectivity index (χ2n) is 6.42. The van der Waals surface area contributed by atoms with Crippen LogP contribution in [0, 0.1) is 5.82 Å². The maximum Gasteiger partial charge on any atom is 0.492 e. The van der Waals surface area contributed by atoms with Crippen LogP contribution in [-0.4, -0.2) is 30.3 Å². The van der Waals surface area contributed by atoms with Crippen molar-refractivity contribution in [3.05, 3.63) is 57.8 Å². The summed E-state index contributed by atoms with van der Waals surface area (Å²) >= 11 is 13.6. The lowest BCUT2D eigenvalue weighted by Gasteiger charge is -2.31. The first-order chi connectivity index (χ1) is 13.6. The summed E-state index contributed by atoms with van der Waals surface area (Å²) < 4.78 is 50.9. The zero-order valence-corrected chi connectivity index (χ0v) is 17.1. The van der Waals surface area contributed by atoms with E-state index in [9.17, 15) is 22.4 Å². The van der Waals surface area contributed by atoms with E-state index in [4.69, 9.17) is 23.2 Å². The Bertz CT molecular complexity index is 902. The van der Waals surface area contributed by atoms with Crippen molar-refractivity contribution in [1.82, 2.24) is 5.06 Å². The molecule has 2 aromatic rings. The van der Waals surface area contributed by atoms with Gasteiger partial charge in [0, 0.05) is 22.9 Å². The fourth-order valence-electron chi connectivity index (χ4n) is 3.04. The van der Waals surface area contributed by atoms with Crippen molar-refractivity contribution in [3.63, 3.8) is 0 Å². The molecule has 1 heterocycles. The lowest BCUT2D eigenvalue weighted by atomic mass is 9.90. The molecule has 156 valence electrons. The molecule has 3 nitrogen and oxygen atoms in total. The number of carbonyl (C=O) groups is 1. The molecule has 1 aliphatic heterocycles. The molecule has 2 aromatic carbocycles. The van der Waals surface area contributed by atoms with Crippen LogP contribution in [0.5, 0.6) is 0 Å². The Morgan fingerprint density at radius 3 is 2.45 bits per heavy atom. The third kappa shape index (κ3) is 5.57. The van der Waals surface area contributed by atoms with Gasteiger partial charge in [-0.15, -0.1) is 5.06 Å². The molecule has 0 amide bonds. The molecule has 1 saturated heterocycles. The molecule has 0 atom stereocenters. The van der Waals surface area contributed by atoms with Crippen LogP contribution in [0.25, 0.3) is 0 Å². The second-order valence-corrected chi connectivity index (χ2v) is 8.28. The monoisotopic (exact) mass is 467 g/mol. The summed E-state index contributed by atoms with van der Waals surface area (Å²) in [6, 6.07) is 9.62. The van der Waals surface area contributed by atoms with Crippen molar-refractivity contribution in [2.24, 2.45) is 0 Å². The smallest absolute Gasteiger partial charge is 0.361 e. The molecule has 29 heavy (non-hydrogen) atoms. The number of alkyl halides is 3. The molecule has 0 aliphatic carbocycles. The molecule has 0 radical (unpaired) electrons. The van der Waals surface area contributed by atoms with Crippen molar-refractivity contribution >= 4 is 40.9 Å². The predicted octanol–water partition coefficient (Wildman–Crippen LogP) is 6.48. The minimum Gasteiger partial charge on any atom is -0.361 e. The fourth-order valence-corrected chi connectivity index (χ4v) is 4.57. The van der Waals surface area contributed by atoms with Crippen LogP contribution >= 0.6 is 35.0 Å². The van der Waals surface area contributed by atoms with E-state index in [0.717, 1.165) is 15.5 Å². The fraction of sp³-hybridized carbons (Fsp3) is 0.316. The van der Waals surface area contributed by atoms with E-state index < -0.39 is 18.0 Å². The van der Waals surface area contributed by atoms with Crippen molar-refractivity contribution in [2.75, 3.05) is 13.1 Å². The molecule has 1 fully saturated rings. The van der Waals surface area contributed by atoms with Gasteiger partial charge in [-0.3, -0.25) is 0 Å². The van der Waals surface area contributed by atoms with Crippen LogP contribution in [0.4, 0.5) is 17.6 Å². The number of hydrogen-bond donors (Lipinski definition) is 0. The van der Waals surface area contributed by atoms with Crippen LogP contribution in [0.1, 0.15) is 24.3 Å². The van der Waals surface area contributed by atoms with E-state index in [2.05, 4.69) is 4.84 Å². The SMILES string of the molecule is O=C(ON1CCC(c2cc(F)ccc2Sc2cccc(Cl)c2Cl)CC1)C(F)(F)F. The minimum atomic E-state index is -5.04. The predicted molar refractivity (Wildman–Crippen MR) is 103 cm³/mol. The molecule has 0 saturated carbocycles. The Morgan fingerprint density at radius 2 is 1.79 bits per heavy atom. The Hall–Kier alpha value is -1.48. The van der Waals surface area contributed by atoms with Crippen molar-refractivity contribution in [1.29, 1.82) is 0 Å². The highest BCUT2D eigenvalue weighted by Crippen LogP contribution is 2.42. The Kier molecular flexibility index (Phi) is 6.98. The van der Waals surface area contributed by atoms with Gasteiger partial charge in [0.15, 0.2) is 0 Å². The largest absolute Gasteiger partial charge is 0.492 e. The third-order valence-corrected chi connectivity index (χ3v) is 6.53. The van der Waals surface area contributed by atoms with E-state index >= 15 is 0 Å². The number of benzene rings is 2. The highest BCUT2D eigenvalue weighted by Gasteiger charge is 2.43. The first kappa shape index (κ1) is 22.2. The molecular formula is C19H15Cl2F4NO2S. The summed E-state index contributed by atoms with van der Waals surface area (Å²) in [5.41, 5.74) is 0.729. The molecule has 0 N–H and O–H groups in total. The van der Waals surface area contributed by atoms with Crippen molar-refractivity contribution < 1.29 is 27.2 Å². The molecular weight excluding hydrogens is 453 g/mol. The number of halogens is 6. The normalized spacial score (nSPS) is 16.1. The molecule has 10 heteroatoms. The summed E-state index contributed by atoms with van der Waals surface area (Å²) in [4.78, 5) is 16.8. The third-order valence-electron chi connectivity index (χ3n) is 4.45. The lowest BCUT2D eigenvalue weighted by molar-refractivity contribution is -0.241. The van der Waals surface area contributed by atoms with Gasteiger partial charge >= 0.3 is 12.1 Å². The Labute approximate surface area is 178 Å². The van der Waals surface area contributed by atoms with Gasteiger partial charge in [-0.25, -0.2) is 9.18 Å². The van der Waals surface area contributed by atoms with E-state index in [-0.39, 0.29) is 19.0 Å². The van der Waals surface area contributed by atoms with Gasteiger partial charge in [0.25, 0.3) is 0 Å². The van der Waals surface area contributed by atoms with E-state index in [1.165, 1.54) is 23.9 Å².